The molecule has 3 N–H and O–H groups in total. The van der Waals surface area contributed by atoms with E-state index >= 15 is 0 Å². The number of fused-ring (bicyclic) bond motifs is 3. The molecule has 0 aliphatic heterocycles. The van der Waals surface area contributed by atoms with Gasteiger partial charge in [-0.15, -0.1) is 0 Å². The highest BCUT2D eigenvalue weighted by atomic mass is 79.9. The fourth-order valence-corrected chi connectivity index (χ4v) is 7.54. The SMILES string of the molecule is CCOC(CN(C(=O)C(Cc1ccc(Br)cc1)NC(=O)C(CNC(=O)OCC1c2ccccc2-c2ccccc21)N(Cc1ccccc1)C(=O)O)C1CC1)OCC. The van der Waals surface area contributed by atoms with E-state index in [2.05, 4.69) is 26.6 Å². The van der Waals surface area contributed by atoms with Crippen LogP contribution in [0.5, 0.6) is 0 Å². The maximum absolute atomic E-state index is 14.5. The second-order valence-electron chi connectivity index (χ2n) is 14.1. The Balaban J connectivity index is 1.23. The number of benzene rings is 4. The van der Waals surface area contributed by atoms with Gasteiger partial charge in [0, 0.05) is 42.6 Å². The van der Waals surface area contributed by atoms with Gasteiger partial charge < -0.3 is 34.9 Å². The summed E-state index contributed by atoms with van der Waals surface area (Å²) in [6, 6.07) is 29.7. The van der Waals surface area contributed by atoms with Gasteiger partial charge in [0.2, 0.25) is 11.8 Å². The molecule has 12 nitrogen and oxygen atoms in total. The molecule has 4 aromatic carbocycles. The minimum Gasteiger partial charge on any atom is -0.465 e. The van der Waals surface area contributed by atoms with E-state index in [0.717, 1.165) is 50.0 Å². The predicted molar refractivity (Wildman–Crippen MR) is 218 cm³/mol. The average Bonchev–Trinajstić information content (AvgIpc) is 4.01. The lowest BCUT2D eigenvalue weighted by Gasteiger charge is -2.33. The quantitative estimate of drug-likeness (QED) is 0.0861. The first-order valence-corrected chi connectivity index (χ1v) is 20.2. The van der Waals surface area contributed by atoms with Crippen LogP contribution < -0.4 is 10.6 Å². The Morgan fingerprint density at radius 3 is 1.98 bits per heavy atom. The van der Waals surface area contributed by atoms with E-state index in [9.17, 15) is 24.3 Å². The zero-order chi connectivity index (χ0) is 40.3. The van der Waals surface area contributed by atoms with Crippen LogP contribution in [0.1, 0.15) is 54.9 Å². The molecule has 1 fully saturated rings. The topological polar surface area (TPSA) is 147 Å². The molecule has 300 valence electrons. The first-order chi connectivity index (χ1) is 27.7. The van der Waals surface area contributed by atoms with Crippen molar-refractivity contribution in [1.29, 1.82) is 0 Å². The number of nitrogens with zero attached hydrogens (tertiary/aromatic N) is 2. The molecule has 2 aliphatic rings. The minimum atomic E-state index is -1.43. The molecule has 2 aliphatic carbocycles. The van der Waals surface area contributed by atoms with Gasteiger partial charge in [-0.1, -0.05) is 107 Å². The van der Waals surface area contributed by atoms with Crippen molar-refractivity contribution in [3.63, 3.8) is 0 Å². The summed E-state index contributed by atoms with van der Waals surface area (Å²) in [6.07, 6.45) is -1.11. The van der Waals surface area contributed by atoms with Crippen molar-refractivity contribution in [2.24, 2.45) is 0 Å². The fourth-order valence-electron chi connectivity index (χ4n) is 7.28. The van der Waals surface area contributed by atoms with Crippen LogP contribution in [-0.4, -0.2) is 96.2 Å². The molecule has 2 atom stereocenters. The number of carboxylic acid groups (broad SMARTS) is 1. The van der Waals surface area contributed by atoms with Gasteiger partial charge in [-0.25, -0.2) is 9.59 Å². The molecule has 0 spiro atoms. The number of carbonyl (C=O) groups excluding carboxylic acids is 3. The van der Waals surface area contributed by atoms with Gasteiger partial charge in [0.05, 0.1) is 13.1 Å². The van der Waals surface area contributed by atoms with E-state index in [0.29, 0.717) is 18.8 Å². The van der Waals surface area contributed by atoms with Crippen LogP contribution in [0.2, 0.25) is 0 Å². The van der Waals surface area contributed by atoms with Crippen molar-refractivity contribution in [1.82, 2.24) is 20.4 Å². The molecule has 6 rings (SSSR count). The molecule has 0 bridgehead atoms. The number of alkyl carbamates (subject to hydrolysis) is 1. The Kier molecular flexibility index (Phi) is 14.3. The van der Waals surface area contributed by atoms with Gasteiger partial charge in [0.25, 0.3) is 0 Å². The number of hydrogen-bond acceptors (Lipinski definition) is 7. The van der Waals surface area contributed by atoms with Gasteiger partial charge in [0.15, 0.2) is 6.29 Å². The molecule has 57 heavy (non-hydrogen) atoms. The number of carbonyl (C=O) groups is 4. The molecule has 0 saturated heterocycles. The van der Waals surface area contributed by atoms with Crippen molar-refractivity contribution in [3.05, 3.63) is 130 Å². The maximum Gasteiger partial charge on any atom is 0.408 e. The summed E-state index contributed by atoms with van der Waals surface area (Å²) in [5.41, 5.74) is 5.66. The Labute approximate surface area is 341 Å². The summed E-state index contributed by atoms with van der Waals surface area (Å²) >= 11 is 3.46. The van der Waals surface area contributed by atoms with E-state index < -0.39 is 43.0 Å². The molecule has 4 aromatic rings. The Bertz CT molecular complexity index is 1940. The minimum absolute atomic E-state index is 0.0363. The maximum atomic E-state index is 14.5. The van der Waals surface area contributed by atoms with Crippen LogP contribution in [0.15, 0.2) is 108 Å². The van der Waals surface area contributed by atoms with Crippen LogP contribution in [0, 0.1) is 0 Å². The summed E-state index contributed by atoms with van der Waals surface area (Å²) in [7, 11) is 0. The number of rotatable bonds is 19. The van der Waals surface area contributed by atoms with E-state index in [4.69, 9.17) is 14.2 Å². The smallest absolute Gasteiger partial charge is 0.408 e. The van der Waals surface area contributed by atoms with Gasteiger partial charge in [-0.05, 0) is 72.2 Å². The van der Waals surface area contributed by atoms with Gasteiger partial charge in [-0.3, -0.25) is 14.5 Å². The lowest BCUT2D eigenvalue weighted by molar-refractivity contribution is -0.161. The molecule has 2 unspecified atom stereocenters. The van der Waals surface area contributed by atoms with Crippen molar-refractivity contribution in [3.8, 4) is 11.1 Å². The number of nitrogens with one attached hydrogen (secondary N) is 2. The van der Waals surface area contributed by atoms with E-state index in [1.54, 1.807) is 29.2 Å². The van der Waals surface area contributed by atoms with Crippen LogP contribution >= 0.6 is 15.9 Å². The van der Waals surface area contributed by atoms with E-state index in [-0.39, 0.29) is 44.0 Å². The normalized spacial score (nSPS) is 14.2. The van der Waals surface area contributed by atoms with Gasteiger partial charge in [0.1, 0.15) is 18.7 Å². The van der Waals surface area contributed by atoms with Crippen LogP contribution in [0.4, 0.5) is 9.59 Å². The number of hydrogen-bond donors (Lipinski definition) is 3. The summed E-state index contributed by atoms with van der Waals surface area (Å²) in [5.74, 6) is -1.28. The third-order valence-corrected chi connectivity index (χ3v) is 10.7. The molecule has 0 heterocycles. The number of amides is 4. The molecular weight excluding hydrogens is 792 g/mol. The average molecular weight is 842 g/mol. The van der Waals surface area contributed by atoms with Crippen LogP contribution in [0.25, 0.3) is 11.1 Å². The van der Waals surface area contributed by atoms with Crippen molar-refractivity contribution >= 4 is 39.9 Å². The van der Waals surface area contributed by atoms with Crippen LogP contribution in [-0.2, 0) is 36.8 Å². The third kappa shape index (κ3) is 10.8. The summed E-state index contributed by atoms with van der Waals surface area (Å²) in [4.78, 5) is 57.9. The third-order valence-electron chi connectivity index (χ3n) is 10.2. The monoisotopic (exact) mass is 840 g/mol. The zero-order valence-corrected chi connectivity index (χ0v) is 33.7. The Morgan fingerprint density at radius 2 is 1.40 bits per heavy atom. The highest BCUT2D eigenvalue weighted by Gasteiger charge is 2.40. The zero-order valence-electron chi connectivity index (χ0n) is 32.1. The van der Waals surface area contributed by atoms with Crippen molar-refractivity contribution in [2.75, 3.05) is 32.9 Å². The highest BCUT2D eigenvalue weighted by molar-refractivity contribution is 9.10. The van der Waals surface area contributed by atoms with E-state index in [1.165, 1.54) is 0 Å². The van der Waals surface area contributed by atoms with Gasteiger partial charge >= 0.3 is 12.2 Å². The second kappa shape index (κ2) is 19.8. The molecule has 4 amide bonds. The number of halogens is 1. The summed E-state index contributed by atoms with van der Waals surface area (Å²) < 4.78 is 18.2. The standard InChI is InChI=1S/C44H49BrN4O8/c1-3-55-40(56-4-2)27-48(32-22-23-32)42(51)38(24-29-18-20-31(45)21-19-29)47-41(50)39(49(44(53)54)26-30-12-6-5-7-13-30)25-46-43(52)57-28-37-35-16-10-8-14-33(35)34-15-9-11-17-36(34)37/h5-21,32,37-40H,3-4,22-28H2,1-2H3,(H,46,52)(H,47,50)(H,53,54). The number of ether oxygens (including phenoxy) is 3. The lowest BCUT2D eigenvalue weighted by atomic mass is 9.98. The fraction of sp³-hybridized carbons (Fsp3) is 0.364. The summed E-state index contributed by atoms with van der Waals surface area (Å²) in [5, 5.41) is 16.1. The molecular formula is C44H49BrN4O8. The highest BCUT2D eigenvalue weighted by Crippen LogP contribution is 2.44. The largest absolute Gasteiger partial charge is 0.465 e. The molecule has 0 radical (unpaired) electrons. The lowest BCUT2D eigenvalue weighted by Crippen LogP contribution is -2.59. The predicted octanol–water partition coefficient (Wildman–Crippen LogP) is 6.95. The first kappa shape index (κ1) is 41.4. The van der Waals surface area contributed by atoms with E-state index in [1.807, 2.05) is 92.7 Å². The molecule has 13 heteroatoms. The second-order valence-corrected chi connectivity index (χ2v) is 15.0. The van der Waals surface area contributed by atoms with Gasteiger partial charge in [-0.2, -0.15) is 0 Å². The summed E-state index contributed by atoms with van der Waals surface area (Å²) in [6.45, 7) is 4.13. The van der Waals surface area contributed by atoms with Crippen molar-refractivity contribution in [2.45, 2.75) is 70.0 Å². The first-order valence-electron chi connectivity index (χ1n) is 19.4. The Hall–Kier alpha value is -5.24. The molecule has 1 saturated carbocycles. The van der Waals surface area contributed by atoms with Crippen molar-refractivity contribution < 1.29 is 38.5 Å². The molecule has 0 aromatic heterocycles. The van der Waals surface area contributed by atoms with Crippen LogP contribution in [0.3, 0.4) is 0 Å². The Morgan fingerprint density at radius 1 is 0.807 bits per heavy atom.